The molecule has 0 aliphatic rings. The van der Waals surface area contributed by atoms with Crippen LogP contribution in [-0.4, -0.2) is 45.7 Å². The predicted molar refractivity (Wildman–Crippen MR) is 111 cm³/mol. The minimum absolute atomic E-state index is 0.211. The summed E-state index contributed by atoms with van der Waals surface area (Å²) < 4.78 is 16.1. The lowest BCUT2D eigenvalue weighted by atomic mass is 10.2. The van der Waals surface area contributed by atoms with Crippen molar-refractivity contribution in [2.75, 3.05) is 33.9 Å². The summed E-state index contributed by atoms with van der Waals surface area (Å²) in [6.07, 6.45) is 1.99. The molecule has 2 rings (SSSR count). The molecule has 0 aliphatic heterocycles. The normalized spacial score (nSPS) is 10.2. The fourth-order valence-electron chi connectivity index (χ4n) is 2.55. The van der Waals surface area contributed by atoms with Crippen LogP contribution in [-0.2, 0) is 0 Å². The van der Waals surface area contributed by atoms with Gasteiger partial charge in [0.05, 0.1) is 20.8 Å². The summed E-state index contributed by atoms with van der Waals surface area (Å²) in [6, 6.07) is 11.9. The molecule has 0 spiro atoms. The summed E-state index contributed by atoms with van der Waals surface area (Å²) in [5.74, 6) is 1.36. The van der Waals surface area contributed by atoms with Crippen molar-refractivity contribution >= 4 is 11.8 Å². The second-order valence-corrected chi connectivity index (χ2v) is 6.31. The van der Waals surface area contributed by atoms with Gasteiger partial charge in [-0.3, -0.25) is 9.59 Å². The van der Waals surface area contributed by atoms with E-state index in [1.165, 1.54) is 0 Å². The van der Waals surface area contributed by atoms with E-state index in [4.69, 9.17) is 14.2 Å². The minimum atomic E-state index is -0.248. The van der Waals surface area contributed by atoms with Gasteiger partial charge in [-0.25, -0.2) is 0 Å². The standard InChI is InChI=1S/C22H28N2O5/c1-4-5-14-29-19-11-8-17(15-20(19)28-3)22(26)24-13-12-23-21(25)16-6-9-18(27-2)10-7-16/h6-11,15H,4-5,12-14H2,1-3H3,(H,23,25)(H,24,26). The van der Waals surface area contributed by atoms with Crippen LogP contribution >= 0.6 is 0 Å². The van der Waals surface area contributed by atoms with Crippen LogP contribution in [0.25, 0.3) is 0 Å². The smallest absolute Gasteiger partial charge is 0.251 e. The molecular formula is C22H28N2O5. The summed E-state index contributed by atoms with van der Waals surface area (Å²) >= 11 is 0. The maximum Gasteiger partial charge on any atom is 0.251 e. The highest BCUT2D eigenvalue weighted by atomic mass is 16.5. The number of amides is 2. The van der Waals surface area contributed by atoms with E-state index in [-0.39, 0.29) is 11.8 Å². The monoisotopic (exact) mass is 400 g/mol. The van der Waals surface area contributed by atoms with Crippen LogP contribution in [0, 0.1) is 0 Å². The first kappa shape index (κ1) is 22.1. The summed E-state index contributed by atoms with van der Waals surface area (Å²) in [5.41, 5.74) is 0.992. The molecule has 7 nitrogen and oxygen atoms in total. The average molecular weight is 400 g/mol. The average Bonchev–Trinajstić information content (AvgIpc) is 2.76. The van der Waals surface area contributed by atoms with Crippen molar-refractivity contribution in [3.05, 3.63) is 53.6 Å². The van der Waals surface area contributed by atoms with E-state index in [9.17, 15) is 9.59 Å². The van der Waals surface area contributed by atoms with Crippen LogP contribution in [0.2, 0.25) is 0 Å². The molecule has 0 bridgehead atoms. The van der Waals surface area contributed by atoms with E-state index in [0.29, 0.717) is 48.1 Å². The van der Waals surface area contributed by atoms with Gasteiger partial charge in [0.2, 0.25) is 0 Å². The molecule has 2 aromatic carbocycles. The van der Waals surface area contributed by atoms with Gasteiger partial charge in [-0.05, 0) is 48.9 Å². The number of carbonyl (C=O) groups is 2. The lowest BCUT2D eigenvalue weighted by Gasteiger charge is -2.12. The number of hydrogen-bond acceptors (Lipinski definition) is 5. The Balaban J connectivity index is 1.81. The summed E-state index contributed by atoms with van der Waals surface area (Å²) in [6.45, 7) is 3.31. The Morgan fingerprint density at radius 3 is 2.03 bits per heavy atom. The zero-order valence-corrected chi connectivity index (χ0v) is 17.1. The lowest BCUT2D eigenvalue weighted by Crippen LogP contribution is -2.34. The zero-order valence-electron chi connectivity index (χ0n) is 17.1. The lowest BCUT2D eigenvalue weighted by molar-refractivity contribution is 0.0927. The third kappa shape index (κ3) is 6.71. The molecule has 7 heteroatoms. The Bertz CT molecular complexity index is 805. The molecule has 0 atom stereocenters. The number of ether oxygens (including phenoxy) is 3. The molecular weight excluding hydrogens is 372 g/mol. The van der Waals surface area contributed by atoms with E-state index < -0.39 is 0 Å². The number of benzene rings is 2. The largest absolute Gasteiger partial charge is 0.497 e. The molecule has 156 valence electrons. The van der Waals surface area contributed by atoms with Gasteiger partial charge in [-0.2, -0.15) is 0 Å². The topological polar surface area (TPSA) is 85.9 Å². The number of rotatable bonds is 11. The molecule has 29 heavy (non-hydrogen) atoms. The van der Waals surface area contributed by atoms with E-state index in [0.717, 1.165) is 12.8 Å². The van der Waals surface area contributed by atoms with Crippen LogP contribution in [0.1, 0.15) is 40.5 Å². The van der Waals surface area contributed by atoms with Crippen LogP contribution < -0.4 is 24.8 Å². The Morgan fingerprint density at radius 2 is 1.45 bits per heavy atom. The van der Waals surface area contributed by atoms with Crippen molar-refractivity contribution in [1.29, 1.82) is 0 Å². The van der Waals surface area contributed by atoms with Gasteiger partial charge in [0.1, 0.15) is 5.75 Å². The van der Waals surface area contributed by atoms with Crippen LogP contribution in [0.4, 0.5) is 0 Å². The number of nitrogens with one attached hydrogen (secondary N) is 2. The van der Waals surface area contributed by atoms with Crippen molar-refractivity contribution in [1.82, 2.24) is 10.6 Å². The number of methoxy groups -OCH3 is 2. The van der Waals surface area contributed by atoms with E-state index in [1.54, 1.807) is 56.7 Å². The van der Waals surface area contributed by atoms with Crippen molar-refractivity contribution in [3.63, 3.8) is 0 Å². The van der Waals surface area contributed by atoms with Gasteiger partial charge < -0.3 is 24.8 Å². The van der Waals surface area contributed by atoms with Crippen LogP contribution in [0.5, 0.6) is 17.2 Å². The second-order valence-electron chi connectivity index (χ2n) is 6.31. The maximum atomic E-state index is 12.3. The second kappa shape index (κ2) is 11.6. The Hall–Kier alpha value is -3.22. The highest BCUT2D eigenvalue weighted by molar-refractivity contribution is 5.95. The van der Waals surface area contributed by atoms with Crippen LogP contribution in [0.15, 0.2) is 42.5 Å². The molecule has 0 unspecified atom stereocenters. The number of unbranched alkanes of at least 4 members (excludes halogenated alkanes) is 1. The summed E-state index contributed by atoms with van der Waals surface area (Å²) in [7, 11) is 3.11. The quantitative estimate of drug-likeness (QED) is 0.566. The molecule has 0 heterocycles. The fraction of sp³-hybridized carbons (Fsp3) is 0.364. The van der Waals surface area contributed by atoms with E-state index in [1.807, 2.05) is 0 Å². The molecule has 0 aliphatic carbocycles. The van der Waals surface area contributed by atoms with Gasteiger partial charge in [0.15, 0.2) is 11.5 Å². The molecule has 2 aromatic rings. The van der Waals surface area contributed by atoms with E-state index >= 15 is 0 Å². The first-order chi connectivity index (χ1) is 14.1. The van der Waals surface area contributed by atoms with Crippen molar-refractivity contribution in [2.24, 2.45) is 0 Å². The van der Waals surface area contributed by atoms with Gasteiger partial charge in [-0.1, -0.05) is 13.3 Å². The molecule has 0 fully saturated rings. The van der Waals surface area contributed by atoms with E-state index in [2.05, 4.69) is 17.6 Å². The van der Waals surface area contributed by atoms with Gasteiger partial charge >= 0.3 is 0 Å². The molecule has 0 saturated heterocycles. The summed E-state index contributed by atoms with van der Waals surface area (Å²) in [4.78, 5) is 24.4. The molecule has 2 N–H and O–H groups in total. The van der Waals surface area contributed by atoms with Gasteiger partial charge in [-0.15, -0.1) is 0 Å². The highest BCUT2D eigenvalue weighted by Crippen LogP contribution is 2.28. The van der Waals surface area contributed by atoms with Gasteiger partial charge in [0, 0.05) is 24.2 Å². The zero-order chi connectivity index (χ0) is 21.1. The molecule has 0 radical (unpaired) electrons. The molecule has 0 aromatic heterocycles. The van der Waals surface area contributed by atoms with Crippen molar-refractivity contribution in [3.8, 4) is 17.2 Å². The Labute approximate surface area is 171 Å². The van der Waals surface area contributed by atoms with Crippen LogP contribution in [0.3, 0.4) is 0 Å². The summed E-state index contributed by atoms with van der Waals surface area (Å²) in [5, 5.41) is 5.54. The SMILES string of the molecule is CCCCOc1ccc(C(=O)NCCNC(=O)c2ccc(OC)cc2)cc1OC. The highest BCUT2D eigenvalue weighted by Gasteiger charge is 2.11. The third-order valence-electron chi connectivity index (χ3n) is 4.23. The molecule has 2 amide bonds. The third-order valence-corrected chi connectivity index (χ3v) is 4.23. The van der Waals surface area contributed by atoms with Crippen molar-refractivity contribution < 1.29 is 23.8 Å². The Morgan fingerprint density at radius 1 is 0.828 bits per heavy atom. The molecule has 0 saturated carbocycles. The first-order valence-electron chi connectivity index (χ1n) is 9.60. The number of carbonyl (C=O) groups excluding carboxylic acids is 2. The van der Waals surface area contributed by atoms with Gasteiger partial charge in [0.25, 0.3) is 11.8 Å². The fourth-order valence-corrected chi connectivity index (χ4v) is 2.55. The minimum Gasteiger partial charge on any atom is -0.497 e. The maximum absolute atomic E-state index is 12.3. The Kier molecular flexibility index (Phi) is 8.82. The predicted octanol–water partition coefficient (Wildman–Crippen LogP) is 3.04. The number of hydrogen-bond donors (Lipinski definition) is 2. The first-order valence-corrected chi connectivity index (χ1v) is 9.60. The van der Waals surface area contributed by atoms with Crippen molar-refractivity contribution in [2.45, 2.75) is 19.8 Å².